The average Bonchev–Trinajstić information content (AvgIpc) is 3.14. The minimum Gasteiger partial charge on any atom is -0.426 e. The minimum absolute atomic E-state index is 0.322. The molecule has 7 heteroatoms. The first-order valence-electron chi connectivity index (χ1n) is 10.0. The van der Waals surface area contributed by atoms with Crippen LogP contribution in [-0.2, 0) is 6.54 Å². The van der Waals surface area contributed by atoms with Crippen LogP contribution in [0.5, 0.6) is 5.75 Å². The highest BCUT2D eigenvalue weighted by Crippen LogP contribution is 2.32. The van der Waals surface area contributed by atoms with Crippen molar-refractivity contribution < 1.29 is 9.84 Å². The highest BCUT2D eigenvalue weighted by Gasteiger charge is 2.27. The van der Waals surface area contributed by atoms with Gasteiger partial charge >= 0.3 is 0 Å². The molecule has 0 saturated carbocycles. The van der Waals surface area contributed by atoms with Gasteiger partial charge in [0.2, 0.25) is 0 Å². The molecule has 3 heterocycles. The third-order valence-corrected chi connectivity index (χ3v) is 5.53. The van der Waals surface area contributed by atoms with E-state index in [4.69, 9.17) is 4.74 Å². The van der Waals surface area contributed by atoms with Gasteiger partial charge in [0.1, 0.15) is 5.75 Å². The van der Waals surface area contributed by atoms with Crippen LogP contribution in [0.15, 0.2) is 71.6 Å². The van der Waals surface area contributed by atoms with E-state index in [0.717, 1.165) is 23.9 Å². The summed E-state index contributed by atoms with van der Waals surface area (Å²) < 4.78 is 8.03. The molecule has 5 rings (SSSR count). The van der Waals surface area contributed by atoms with Crippen LogP contribution in [0.1, 0.15) is 25.1 Å². The van der Waals surface area contributed by atoms with Gasteiger partial charge in [0, 0.05) is 24.2 Å². The fourth-order valence-corrected chi connectivity index (χ4v) is 3.90. The predicted octanol–water partition coefficient (Wildman–Crippen LogP) is 3.96. The van der Waals surface area contributed by atoms with Gasteiger partial charge in [-0.25, -0.2) is 0 Å². The number of ether oxygens (including phenoxy) is 1. The summed E-state index contributed by atoms with van der Waals surface area (Å²) >= 11 is 0. The summed E-state index contributed by atoms with van der Waals surface area (Å²) in [5.41, 5.74) is 3.74. The van der Waals surface area contributed by atoms with E-state index < -0.39 is 6.23 Å². The minimum atomic E-state index is -0.831. The van der Waals surface area contributed by atoms with Gasteiger partial charge in [0.05, 0.1) is 30.1 Å². The number of aromatic nitrogens is 3. The van der Waals surface area contributed by atoms with Crippen molar-refractivity contribution in [1.82, 2.24) is 19.7 Å². The standard InChI is InChI=1S/C23H23N5O2/c1-15-4-3-5-16(10-15)14-28-21-7-6-18(11-17(21)12-25-28)30-23-26-20-13-24-9-8-19(20)22(29)27(23)2/h3-9,11-13,15,22,29H,10,14H2,1-2H3. The average molecular weight is 401 g/mol. The van der Waals surface area contributed by atoms with Crippen molar-refractivity contribution in [1.29, 1.82) is 0 Å². The second-order valence-electron chi connectivity index (χ2n) is 7.83. The van der Waals surface area contributed by atoms with E-state index in [9.17, 15) is 5.11 Å². The number of rotatable bonds is 3. The maximum absolute atomic E-state index is 10.5. The predicted molar refractivity (Wildman–Crippen MR) is 115 cm³/mol. The Hall–Kier alpha value is -3.45. The molecule has 0 radical (unpaired) electrons. The van der Waals surface area contributed by atoms with Crippen LogP contribution in [-0.4, -0.2) is 37.8 Å². The number of amidine groups is 1. The molecule has 1 aromatic carbocycles. The number of aliphatic hydroxyl groups is 1. The molecular formula is C23H23N5O2. The van der Waals surface area contributed by atoms with E-state index in [1.165, 1.54) is 5.57 Å². The number of aliphatic hydroxyl groups excluding tert-OH is 1. The van der Waals surface area contributed by atoms with E-state index in [0.29, 0.717) is 28.9 Å². The molecule has 0 fully saturated rings. The van der Waals surface area contributed by atoms with Gasteiger partial charge in [0.25, 0.3) is 6.02 Å². The summed E-state index contributed by atoms with van der Waals surface area (Å²) in [6.45, 7) is 3.01. The summed E-state index contributed by atoms with van der Waals surface area (Å²) in [5, 5.41) is 16.1. The lowest BCUT2D eigenvalue weighted by Gasteiger charge is -2.30. The number of hydrogen-bond acceptors (Lipinski definition) is 6. The van der Waals surface area contributed by atoms with E-state index in [-0.39, 0.29) is 0 Å². The van der Waals surface area contributed by atoms with Gasteiger partial charge in [-0.3, -0.25) is 14.6 Å². The van der Waals surface area contributed by atoms with Crippen LogP contribution < -0.4 is 4.74 Å². The van der Waals surface area contributed by atoms with Crippen LogP contribution in [0, 0.1) is 5.92 Å². The molecule has 0 amide bonds. The second kappa shape index (κ2) is 7.42. The lowest BCUT2D eigenvalue weighted by atomic mass is 9.96. The molecule has 1 N–H and O–H groups in total. The smallest absolute Gasteiger partial charge is 0.300 e. The molecule has 30 heavy (non-hydrogen) atoms. The maximum Gasteiger partial charge on any atom is 0.300 e. The Kier molecular flexibility index (Phi) is 4.59. The third kappa shape index (κ3) is 3.37. The van der Waals surface area contributed by atoms with Crippen LogP contribution in [0.2, 0.25) is 0 Å². The number of allylic oxidation sites excluding steroid dienone is 4. The molecule has 0 saturated heterocycles. The fraction of sp³-hybridized carbons (Fsp3) is 0.261. The number of pyridine rings is 1. The van der Waals surface area contributed by atoms with Gasteiger partial charge in [0.15, 0.2) is 6.23 Å². The first-order valence-corrected chi connectivity index (χ1v) is 10.0. The van der Waals surface area contributed by atoms with Crippen LogP contribution in [0.4, 0.5) is 5.69 Å². The molecule has 152 valence electrons. The fourth-order valence-electron chi connectivity index (χ4n) is 3.90. The Balaban J connectivity index is 1.39. The number of fused-ring (bicyclic) bond motifs is 2. The van der Waals surface area contributed by atoms with Crippen molar-refractivity contribution in [3.8, 4) is 5.75 Å². The van der Waals surface area contributed by atoms with Gasteiger partial charge in [-0.2, -0.15) is 10.1 Å². The lowest BCUT2D eigenvalue weighted by Crippen LogP contribution is -2.37. The first kappa shape index (κ1) is 18.6. The molecular weight excluding hydrogens is 378 g/mol. The van der Waals surface area contributed by atoms with E-state index in [1.54, 1.807) is 30.4 Å². The second-order valence-corrected chi connectivity index (χ2v) is 7.83. The Morgan fingerprint density at radius 1 is 1.23 bits per heavy atom. The molecule has 0 bridgehead atoms. The summed E-state index contributed by atoms with van der Waals surface area (Å²) in [6.07, 6.45) is 11.9. The molecule has 3 aromatic rings. The summed E-state index contributed by atoms with van der Waals surface area (Å²) in [7, 11) is 1.75. The molecule has 7 nitrogen and oxygen atoms in total. The zero-order valence-electron chi connectivity index (χ0n) is 16.9. The van der Waals surface area contributed by atoms with Gasteiger partial charge in [-0.15, -0.1) is 0 Å². The Morgan fingerprint density at radius 3 is 3.00 bits per heavy atom. The van der Waals surface area contributed by atoms with Crippen LogP contribution >= 0.6 is 0 Å². The van der Waals surface area contributed by atoms with Crippen molar-refractivity contribution in [2.24, 2.45) is 10.9 Å². The third-order valence-electron chi connectivity index (χ3n) is 5.53. The number of hydrogen-bond donors (Lipinski definition) is 1. The topological polar surface area (TPSA) is 75.8 Å². The molecule has 2 aliphatic rings. The van der Waals surface area contributed by atoms with E-state index in [2.05, 4.69) is 40.2 Å². The summed E-state index contributed by atoms with van der Waals surface area (Å²) in [5.74, 6) is 1.20. The molecule has 0 spiro atoms. The highest BCUT2D eigenvalue weighted by molar-refractivity contribution is 5.85. The summed E-state index contributed by atoms with van der Waals surface area (Å²) in [4.78, 5) is 10.2. The Labute approximate surface area is 174 Å². The lowest BCUT2D eigenvalue weighted by molar-refractivity contribution is 0.0556. The highest BCUT2D eigenvalue weighted by atomic mass is 16.5. The zero-order chi connectivity index (χ0) is 20.7. The zero-order valence-corrected chi connectivity index (χ0v) is 16.9. The maximum atomic E-state index is 10.5. The van der Waals surface area contributed by atoms with Gasteiger partial charge in [-0.1, -0.05) is 25.2 Å². The van der Waals surface area contributed by atoms with Crippen molar-refractivity contribution in [3.63, 3.8) is 0 Å². The van der Waals surface area contributed by atoms with Gasteiger partial charge in [-0.05, 0) is 42.2 Å². The number of aliphatic imine (C=N–C) groups is 1. The van der Waals surface area contributed by atoms with Crippen molar-refractivity contribution in [2.45, 2.75) is 26.1 Å². The SMILES string of the molecule is CC1C=CC=C(Cn2ncc3cc(OC4=Nc5cnccc5C(O)N4C)ccc32)C1. The molecule has 1 aliphatic carbocycles. The van der Waals surface area contributed by atoms with Gasteiger partial charge < -0.3 is 9.84 Å². The number of nitrogens with zero attached hydrogens (tertiary/aromatic N) is 5. The van der Waals surface area contributed by atoms with Crippen molar-refractivity contribution in [3.05, 3.63) is 72.2 Å². The van der Waals surface area contributed by atoms with Crippen molar-refractivity contribution in [2.75, 3.05) is 7.05 Å². The Morgan fingerprint density at radius 2 is 2.13 bits per heavy atom. The summed E-state index contributed by atoms with van der Waals surface area (Å²) in [6, 6.07) is 7.94. The monoisotopic (exact) mass is 401 g/mol. The molecule has 2 atom stereocenters. The molecule has 1 aliphatic heterocycles. The molecule has 2 unspecified atom stereocenters. The van der Waals surface area contributed by atoms with Crippen LogP contribution in [0.25, 0.3) is 10.9 Å². The van der Waals surface area contributed by atoms with E-state index in [1.807, 2.05) is 29.1 Å². The molecule has 2 aromatic heterocycles. The Bertz CT molecular complexity index is 1190. The van der Waals surface area contributed by atoms with Crippen LogP contribution in [0.3, 0.4) is 0 Å². The first-order chi connectivity index (χ1) is 14.6. The van der Waals surface area contributed by atoms with Crippen molar-refractivity contribution >= 4 is 22.6 Å². The quantitative estimate of drug-likeness (QED) is 0.719. The number of benzene rings is 1. The van der Waals surface area contributed by atoms with E-state index >= 15 is 0 Å². The largest absolute Gasteiger partial charge is 0.426 e. The normalized spacial score (nSPS) is 20.7.